The van der Waals surface area contributed by atoms with Crippen LogP contribution in [0.5, 0.6) is 0 Å². The van der Waals surface area contributed by atoms with Gasteiger partial charge in [0.05, 0.1) is 6.04 Å². The Hall–Kier alpha value is -0.940. The Morgan fingerprint density at radius 1 is 1.56 bits per heavy atom. The van der Waals surface area contributed by atoms with Crippen molar-refractivity contribution in [1.29, 1.82) is 0 Å². The summed E-state index contributed by atoms with van der Waals surface area (Å²) < 4.78 is 5.44. The molecule has 1 N–H and O–H groups in total. The lowest BCUT2D eigenvalue weighted by Crippen LogP contribution is -2.25. The van der Waals surface area contributed by atoms with Gasteiger partial charge >= 0.3 is 0 Å². The summed E-state index contributed by atoms with van der Waals surface area (Å²) in [4.78, 5) is 7.01. The summed E-state index contributed by atoms with van der Waals surface area (Å²) in [5.74, 6) is 1.62. The van der Waals surface area contributed by atoms with Gasteiger partial charge in [-0.1, -0.05) is 12.1 Å². The van der Waals surface area contributed by atoms with Gasteiger partial charge in [0.15, 0.2) is 5.82 Å². The lowest BCUT2D eigenvalue weighted by atomic mass is 10.2. The first kappa shape index (κ1) is 13.5. The Morgan fingerprint density at radius 3 is 3.11 bits per heavy atom. The molecule has 1 aliphatic rings. The fourth-order valence-electron chi connectivity index (χ4n) is 2.52. The van der Waals surface area contributed by atoms with E-state index in [4.69, 9.17) is 4.52 Å². The Morgan fingerprint density at radius 2 is 2.39 bits per heavy atom. The quantitative estimate of drug-likeness (QED) is 0.836. The SMILES string of the molecule is CCCN1CCCC1c1nc(CC(C)NC)no1. The molecule has 1 fully saturated rings. The lowest BCUT2D eigenvalue weighted by molar-refractivity contribution is 0.208. The number of aromatic nitrogens is 2. The Kier molecular flexibility index (Phi) is 4.72. The third-order valence-corrected chi connectivity index (χ3v) is 3.62. The van der Waals surface area contributed by atoms with E-state index < -0.39 is 0 Å². The molecule has 2 atom stereocenters. The van der Waals surface area contributed by atoms with Crippen LogP contribution in [0, 0.1) is 0 Å². The molecule has 0 spiro atoms. The smallest absolute Gasteiger partial charge is 0.243 e. The average molecular weight is 252 g/mol. The van der Waals surface area contributed by atoms with Crippen LogP contribution in [-0.4, -0.2) is 41.2 Å². The van der Waals surface area contributed by atoms with E-state index in [1.54, 1.807) is 0 Å². The highest BCUT2D eigenvalue weighted by Crippen LogP contribution is 2.30. The summed E-state index contributed by atoms with van der Waals surface area (Å²) in [6, 6.07) is 0.724. The molecule has 0 saturated carbocycles. The Labute approximate surface area is 109 Å². The number of nitrogens with one attached hydrogen (secondary N) is 1. The molecule has 1 aromatic rings. The zero-order valence-electron chi connectivity index (χ0n) is 11.6. The van der Waals surface area contributed by atoms with Crippen LogP contribution in [0.25, 0.3) is 0 Å². The summed E-state index contributed by atoms with van der Waals surface area (Å²) in [7, 11) is 1.95. The van der Waals surface area contributed by atoms with Crippen LogP contribution < -0.4 is 5.32 Å². The van der Waals surface area contributed by atoms with E-state index in [0.29, 0.717) is 12.1 Å². The van der Waals surface area contributed by atoms with Crippen LogP contribution >= 0.6 is 0 Å². The van der Waals surface area contributed by atoms with Gasteiger partial charge < -0.3 is 9.84 Å². The van der Waals surface area contributed by atoms with Gasteiger partial charge in [-0.15, -0.1) is 0 Å². The first-order chi connectivity index (χ1) is 8.74. The molecule has 0 bridgehead atoms. The van der Waals surface area contributed by atoms with Gasteiger partial charge in [0.1, 0.15) is 0 Å². The fraction of sp³-hybridized carbons (Fsp3) is 0.846. The van der Waals surface area contributed by atoms with Crippen molar-refractivity contribution in [2.45, 2.75) is 51.6 Å². The molecule has 0 amide bonds. The van der Waals surface area contributed by atoms with Gasteiger partial charge in [-0.3, -0.25) is 4.90 Å². The molecular formula is C13H24N4O. The second kappa shape index (κ2) is 6.29. The first-order valence-electron chi connectivity index (χ1n) is 6.98. The van der Waals surface area contributed by atoms with Crippen LogP contribution in [0.4, 0.5) is 0 Å². The molecular weight excluding hydrogens is 228 g/mol. The minimum atomic E-state index is 0.344. The highest BCUT2D eigenvalue weighted by molar-refractivity contribution is 4.97. The summed E-state index contributed by atoms with van der Waals surface area (Å²) in [5, 5.41) is 7.28. The van der Waals surface area contributed by atoms with Crippen LogP contribution in [0.1, 0.15) is 50.9 Å². The van der Waals surface area contributed by atoms with E-state index in [-0.39, 0.29) is 0 Å². The zero-order valence-corrected chi connectivity index (χ0v) is 11.6. The van der Waals surface area contributed by atoms with Crippen molar-refractivity contribution < 1.29 is 4.52 Å². The Bertz CT molecular complexity index is 366. The molecule has 18 heavy (non-hydrogen) atoms. The number of likely N-dealkylation sites (tertiary alicyclic amines) is 1. The van der Waals surface area contributed by atoms with Crippen LogP contribution in [-0.2, 0) is 6.42 Å². The molecule has 0 aliphatic carbocycles. The predicted molar refractivity (Wildman–Crippen MR) is 70.4 cm³/mol. The summed E-state index contributed by atoms with van der Waals surface area (Å²) >= 11 is 0. The zero-order chi connectivity index (χ0) is 13.0. The van der Waals surface area contributed by atoms with Crippen molar-refractivity contribution in [3.05, 3.63) is 11.7 Å². The third kappa shape index (κ3) is 3.09. The number of hydrogen-bond acceptors (Lipinski definition) is 5. The maximum Gasteiger partial charge on any atom is 0.243 e. The van der Waals surface area contributed by atoms with Crippen molar-refractivity contribution in [2.75, 3.05) is 20.1 Å². The maximum atomic E-state index is 5.44. The number of rotatable bonds is 6. The molecule has 2 rings (SSSR count). The minimum Gasteiger partial charge on any atom is -0.338 e. The molecule has 1 saturated heterocycles. The van der Waals surface area contributed by atoms with Gasteiger partial charge in [0, 0.05) is 12.5 Å². The monoisotopic (exact) mass is 252 g/mol. The van der Waals surface area contributed by atoms with Crippen LogP contribution in [0.3, 0.4) is 0 Å². The molecule has 1 aromatic heterocycles. The van der Waals surface area contributed by atoms with Gasteiger partial charge in [0.25, 0.3) is 0 Å². The Balaban J connectivity index is 2.00. The number of hydrogen-bond donors (Lipinski definition) is 1. The van der Waals surface area contributed by atoms with Crippen molar-refractivity contribution in [1.82, 2.24) is 20.4 Å². The van der Waals surface area contributed by atoms with Crippen LogP contribution in [0.15, 0.2) is 4.52 Å². The summed E-state index contributed by atoms with van der Waals surface area (Å²) in [6.07, 6.45) is 4.37. The van der Waals surface area contributed by atoms with E-state index in [9.17, 15) is 0 Å². The van der Waals surface area contributed by atoms with Crippen molar-refractivity contribution in [3.8, 4) is 0 Å². The largest absolute Gasteiger partial charge is 0.338 e. The van der Waals surface area contributed by atoms with E-state index >= 15 is 0 Å². The molecule has 0 aromatic carbocycles. The fourth-order valence-corrected chi connectivity index (χ4v) is 2.52. The highest BCUT2D eigenvalue weighted by atomic mass is 16.5. The first-order valence-corrected chi connectivity index (χ1v) is 6.98. The van der Waals surface area contributed by atoms with Gasteiger partial charge in [0.2, 0.25) is 5.89 Å². The molecule has 1 aliphatic heterocycles. The van der Waals surface area contributed by atoms with Gasteiger partial charge in [-0.25, -0.2) is 0 Å². The van der Waals surface area contributed by atoms with E-state index in [2.05, 4.69) is 34.2 Å². The normalized spacial score (nSPS) is 22.5. The number of nitrogens with zero attached hydrogens (tertiary/aromatic N) is 3. The van der Waals surface area contributed by atoms with Crippen LogP contribution in [0.2, 0.25) is 0 Å². The highest BCUT2D eigenvalue weighted by Gasteiger charge is 2.29. The minimum absolute atomic E-state index is 0.344. The second-order valence-corrected chi connectivity index (χ2v) is 5.14. The molecule has 5 nitrogen and oxygen atoms in total. The second-order valence-electron chi connectivity index (χ2n) is 5.14. The van der Waals surface area contributed by atoms with E-state index in [0.717, 1.165) is 37.6 Å². The standard InChI is InChI=1S/C13H24N4O/c1-4-7-17-8-5-6-11(17)13-15-12(16-18-13)9-10(2)14-3/h10-11,14H,4-9H2,1-3H3. The van der Waals surface area contributed by atoms with Crippen molar-refractivity contribution >= 4 is 0 Å². The van der Waals surface area contributed by atoms with Gasteiger partial charge in [-0.2, -0.15) is 4.98 Å². The van der Waals surface area contributed by atoms with Crippen molar-refractivity contribution in [3.63, 3.8) is 0 Å². The average Bonchev–Trinajstić information content (AvgIpc) is 2.98. The molecule has 2 unspecified atom stereocenters. The molecule has 102 valence electrons. The maximum absolute atomic E-state index is 5.44. The summed E-state index contributed by atoms with van der Waals surface area (Å²) in [5.41, 5.74) is 0. The lowest BCUT2D eigenvalue weighted by Gasteiger charge is -2.20. The topological polar surface area (TPSA) is 54.2 Å². The molecule has 0 radical (unpaired) electrons. The number of likely N-dealkylation sites (N-methyl/N-ethyl adjacent to an activating group) is 1. The summed E-state index contributed by atoms with van der Waals surface area (Å²) in [6.45, 7) is 6.61. The van der Waals surface area contributed by atoms with Gasteiger partial charge in [-0.05, 0) is 46.3 Å². The molecule has 2 heterocycles. The van der Waals surface area contributed by atoms with E-state index in [1.165, 1.54) is 12.8 Å². The van der Waals surface area contributed by atoms with Crippen molar-refractivity contribution in [2.24, 2.45) is 0 Å². The van der Waals surface area contributed by atoms with E-state index in [1.807, 2.05) is 7.05 Å². The molecule has 5 heteroatoms. The third-order valence-electron chi connectivity index (χ3n) is 3.62. The predicted octanol–water partition coefficient (Wildman–Crippen LogP) is 1.77.